The molecule has 0 saturated carbocycles. The molecule has 4 rings (SSSR count). The lowest BCUT2D eigenvalue weighted by Crippen LogP contribution is -2.29. The highest BCUT2D eigenvalue weighted by Crippen LogP contribution is 2.28. The molecule has 0 radical (unpaired) electrons. The molecule has 7 nitrogen and oxygen atoms in total. The molecule has 1 aliphatic rings. The van der Waals surface area contributed by atoms with Gasteiger partial charge in [-0.25, -0.2) is 21.9 Å². The average molecular weight is 390 g/mol. The van der Waals surface area contributed by atoms with Gasteiger partial charge < -0.3 is 10.3 Å². The van der Waals surface area contributed by atoms with Gasteiger partial charge >= 0.3 is 5.69 Å². The summed E-state index contributed by atoms with van der Waals surface area (Å²) in [6.45, 7) is 0.677. The van der Waals surface area contributed by atoms with Crippen molar-refractivity contribution in [2.75, 3.05) is 24.7 Å². The lowest BCUT2D eigenvalue weighted by Gasteiger charge is -2.14. The number of imidazole rings is 1. The van der Waals surface area contributed by atoms with Crippen molar-refractivity contribution in [2.45, 2.75) is 12.5 Å². The van der Waals surface area contributed by atoms with Crippen molar-refractivity contribution >= 4 is 32.4 Å². The number of halogens is 1. The number of nitrogens with one attached hydrogen (secondary N) is 2. The zero-order valence-corrected chi connectivity index (χ0v) is 15.5. The van der Waals surface area contributed by atoms with Crippen LogP contribution < -0.4 is 11.0 Å². The van der Waals surface area contributed by atoms with Gasteiger partial charge in [0.2, 0.25) is 10.0 Å². The molecule has 3 aromatic rings. The van der Waals surface area contributed by atoms with Gasteiger partial charge in [-0.05, 0) is 36.8 Å². The van der Waals surface area contributed by atoms with E-state index >= 15 is 0 Å². The van der Waals surface area contributed by atoms with Gasteiger partial charge in [0.05, 0.1) is 29.0 Å². The molecule has 27 heavy (non-hydrogen) atoms. The first-order valence-electron chi connectivity index (χ1n) is 8.54. The Kier molecular flexibility index (Phi) is 4.27. The van der Waals surface area contributed by atoms with Gasteiger partial charge in [0.15, 0.2) is 0 Å². The van der Waals surface area contributed by atoms with E-state index in [-0.39, 0.29) is 24.1 Å². The Morgan fingerprint density at radius 2 is 2.00 bits per heavy atom. The van der Waals surface area contributed by atoms with Crippen molar-refractivity contribution in [3.63, 3.8) is 0 Å². The number of sulfonamides is 1. The summed E-state index contributed by atoms with van der Waals surface area (Å²) in [6, 6.07) is 11.4. The number of nitrogens with zero attached hydrogens (tertiary/aromatic N) is 2. The van der Waals surface area contributed by atoms with E-state index in [2.05, 4.69) is 10.3 Å². The number of aromatic amines is 1. The zero-order chi connectivity index (χ0) is 19.2. The number of aromatic nitrogens is 2. The summed E-state index contributed by atoms with van der Waals surface area (Å²) in [7, 11) is -3.28. The number of rotatable bonds is 4. The third kappa shape index (κ3) is 3.35. The summed E-state index contributed by atoms with van der Waals surface area (Å²) in [5, 5.41) is 3.00. The van der Waals surface area contributed by atoms with Crippen molar-refractivity contribution in [3.05, 3.63) is 58.8 Å². The summed E-state index contributed by atoms with van der Waals surface area (Å²) in [5.41, 5.74) is 2.01. The number of benzene rings is 2. The van der Waals surface area contributed by atoms with Crippen LogP contribution in [0.4, 0.5) is 15.8 Å². The van der Waals surface area contributed by atoms with Crippen LogP contribution in [0.3, 0.4) is 0 Å². The van der Waals surface area contributed by atoms with Crippen LogP contribution >= 0.6 is 0 Å². The van der Waals surface area contributed by atoms with Gasteiger partial charge in [0.1, 0.15) is 5.82 Å². The molecule has 0 bridgehead atoms. The molecule has 1 aliphatic heterocycles. The van der Waals surface area contributed by atoms with Crippen LogP contribution in [0, 0.1) is 5.82 Å². The van der Waals surface area contributed by atoms with E-state index in [0.717, 1.165) is 0 Å². The Bertz CT molecular complexity index is 1170. The van der Waals surface area contributed by atoms with Crippen LogP contribution in [0.2, 0.25) is 0 Å². The van der Waals surface area contributed by atoms with Crippen LogP contribution in [0.5, 0.6) is 0 Å². The number of hydrogen-bond donors (Lipinski definition) is 2. The number of anilines is 2. The summed E-state index contributed by atoms with van der Waals surface area (Å²) < 4.78 is 40.3. The van der Waals surface area contributed by atoms with Crippen LogP contribution in [0.1, 0.15) is 12.5 Å². The molecule has 1 atom stereocenters. The number of fused-ring (bicyclic) bond motifs is 1. The Morgan fingerprint density at radius 1 is 1.22 bits per heavy atom. The standard InChI is InChI=1S/C18H19FN4O3S/c1-27(25,26)22-9-8-13(11-22)23-17-7-6-12(10-16(17)21-18(23)24)20-15-5-3-2-4-14(15)19/h2-7,10,13,20H,8-9,11H2,1H3,(H,21,24). The van der Waals surface area contributed by atoms with Crippen molar-refractivity contribution in [1.29, 1.82) is 0 Å². The summed E-state index contributed by atoms with van der Waals surface area (Å²) in [5.74, 6) is -0.365. The molecule has 0 aliphatic carbocycles. The minimum absolute atomic E-state index is 0.216. The van der Waals surface area contributed by atoms with Crippen molar-refractivity contribution in [2.24, 2.45) is 0 Å². The molecule has 1 fully saturated rings. The van der Waals surface area contributed by atoms with Gasteiger partial charge in [-0.1, -0.05) is 12.1 Å². The van der Waals surface area contributed by atoms with Crippen LogP contribution in [0.25, 0.3) is 11.0 Å². The second kappa shape index (κ2) is 6.50. The first-order chi connectivity index (χ1) is 12.8. The SMILES string of the molecule is CS(=O)(=O)N1CCC(n2c(=O)[nH]c3cc(Nc4ccccc4F)ccc32)C1. The predicted octanol–water partition coefficient (Wildman–Crippen LogP) is 2.42. The molecular formula is C18H19FN4O3S. The van der Waals surface area contributed by atoms with E-state index in [1.54, 1.807) is 41.0 Å². The lowest BCUT2D eigenvalue weighted by atomic mass is 10.2. The predicted molar refractivity (Wildman–Crippen MR) is 102 cm³/mol. The number of H-pyrrole nitrogens is 1. The number of hydrogen-bond acceptors (Lipinski definition) is 4. The van der Waals surface area contributed by atoms with Gasteiger partial charge in [-0.3, -0.25) is 4.57 Å². The highest BCUT2D eigenvalue weighted by Gasteiger charge is 2.31. The fourth-order valence-electron chi connectivity index (χ4n) is 3.51. The summed E-state index contributed by atoms with van der Waals surface area (Å²) in [6.07, 6.45) is 1.75. The first-order valence-corrected chi connectivity index (χ1v) is 10.4. The van der Waals surface area contributed by atoms with Crippen LogP contribution in [-0.2, 0) is 10.0 Å². The quantitative estimate of drug-likeness (QED) is 0.716. The van der Waals surface area contributed by atoms with Crippen molar-refractivity contribution in [1.82, 2.24) is 13.9 Å². The highest BCUT2D eigenvalue weighted by molar-refractivity contribution is 7.88. The second-order valence-corrected chi connectivity index (χ2v) is 8.68. The normalized spacial score (nSPS) is 18.2. The van der Waals surface area contributed by atoms with E-state index < -0.39 is 10.0 Å². The molecule has 0 amide bonds. The van der Waals surface area contributed by atoms with Gasteiger partial charge in [-0.2, -0.15) is 0 Å². The Balaban J connectivity index is 1.66. The Hall–Kier alpha value is -2.65. The van der Waals surface area contributed by atoms with E-state index in [4.69, 9.17) is 0 Å². The molecule has 142 valence electrons. The molecule has 0 spiro atoms. The highest BCUT2D eigenvalue weighted by atomic mass is 32.2. The topological polar surface area (TPSA) is 87.2 Å². The molecule has 1 aromatic heterocycles. The molecule has 2 heterocycles. The van der Waals surface area contributed by atoms with Crippen molar-refractivity contribution in [3.8, 4) is 0 Å². The third-order valence-corrected chi connectivity index (χ3v) is 6.10. The Morgan fingerprint density at radius 3 is 2.70 bits per heavy atom. The largest absolute Gasteiger partial charge is 0.353 e. The van der Waals surface area contributed by atoms with Crippen LogP contribution in [0.15, 0.2) is 47.3 Å². The maximum Gasteiger partial charge on any atom is 0.326 e. The fourth-order valence-corrected chi connectivity index (χ4v) is 4.39. The molecular weight excluding hydrogens is 371 g/mol. The van der Waals surface area contributed by atoms with E-state index in [0.29, 0.717) is 35.4 Å². The maximum absolute atomic E-state index is 13.8. The van der Waals surface area contributed by atoms with E-state index in [1.165, 1.54) is 16.6 Å². The smallest absolute Gasteiger partial charge is 0.326 e. The van der Waals surface area contributed by atoms with Crippen LogP contribution in [-0.4, -0.2) is 41.6 Å². The first kappa shape index (κ1) is 17.7. The Labute approximate surface area is 155 Å². The average Bonchev–Trinajstić information content (AvgIpc) is 3.20. The summed E-state index contributed by atoms with van der Waals surface area (Å²) in [4.78, 5) is 15.3. The van der Waals surface area contributed by atoms with E-state index in [1.807, 2.05) is 0 Å². The second-order valence-electron chi connectivity index (χ2n) is 6.70. The summed E-state index contributed by atoms with van der Waals surface area (Å²) >= 11 is 0. The fraction of sp³-hybridized carbons (Fsp3) is 0.278. The maximum atomic E-state index is 13.8. The lowest BCUT2D eigenvalue weighted by molar-refractivity contribution is 0.456. The van der Waals surface area contributed by atoms with Crippen molar-refractivity contribution < 1.29 is 12.8 Å². The van der Waals surface area contributed by atoms with Gasteiger partial charge in [-0.15, -0.1) is 0 Å². The minimum Gasteiger partial charge on any atom is -0.353 e. The minimum atomic E-state index is -3.28. The molecule has 2 aromatic carbocycles. The molecule has 1 saturated heterocycles. The molecule has 1 unspecified atom stereocenters. The molecule has 9 heteroatoms. The van der Waals surface area contributed by atoms with E-state index in [9.17, 15) is 17.6 Å². The molecule has 2 N–H and O–H groups in total. The van der Waals surface area contributed by atoms with Gasteiger partial charge in [0.25, 0.3) is 0 Å². The monoisotopic (exact) mass is 390 g/mol. The number of para-hydroxylation sites is 1. The third-order valence-electron chi connectivity index (χ3n) is 4.83. The zero-order valence-electron chi connectivity index (χ0n) is 14.6. The van der Waals surface area contributed by atoms with Gasteiger partial charge in [0, 0.05) is 18.8 Å².